The van der Waals surface area contributed by atoms with Gasteiger partial charge in [0.2, 0.25) is 6.79 Å². The first-order valence-electron chi connectivity index (χ1n) is 8.40. The molecule has 5 nitrogen and oxygen atoms in total. The topological polar surface area (TPSA) is 51.8 Å². The quantitative estimate of drug-likeness (QED) is 0.828. The summed E-state index contributed by atoms with van der Waals surface area (Å²) in [7, 11) is 0. The number of ether oxygens (including phenoxy) is 3. The molecule has 2 aliphatic rings. The minimum atomic E-state index is 0.228. The van der Waals surface area contributed by atoms with Gasteiger partial charge < -0.3 is 24.8 Å². The van der Waals surface area contributed by atoms with Gasteiger partial charge in [0.15, 0.2) is 11.5 Å². The molecule has 0 aliphatic carbocycles. The molecule has 126 valence electrons. The standard InChI is InChI=1S/C19H22N2O3/c1-13-10-21-16-8-14(2-4-17(16)24-13)6-7-20-11-15-3-5-18-19(9-15)23-12-22-18/h2-5,8-9,13,20-21H,6-7,10-12H2,1H3. The summed E-state index contributed by atoms with van der Waals surface area (Å²) < 4.78 is 16.5. The minimum Gasteiger partial charge on any atom is -0.487 e. The molecule has 2 N–H and O–H groups in total. The third-order valence-corrected chi connectivity index (χ3v) is 4.31. The maximum atomic E-state index is 5.81. The molecule has 0 saturated carbocycles. The third-order valence-electron chi connectivity index (χ3n) is 4.31. The SMILES string of the molecule is CC1CNc2cc(CCNCc3ccc4c(c3)OCO4)ccc2O1. The summed E-state index contributed by atoms with van der Waals surface area (Å²) in [4.78, 5) is 0. The van der Waals surface area contributed by atoms with E-state index in [1.165, 1.54) is 11.1 Å². The number of nitrogens with one attached hydrogen (secondary N) is 2. The van der Waals surface area contributed by atoms with Gasteiger partial charge in [-0.25, -0.2) is 0 Å². The molecule has 0 aromatic heterocycles. The Morgan fingerprint density at radius 1 is 1.04 bits per heavy atom. The molecule has 0 bridgehead atoms. The van der Waals surface area contributed by atoms with Gasteiger partial charge in [0, 0.05) is 6.54 Å². The van der Waals surface area contributed by atoms with Crippen molar-refractivity contribution in [3.63, 3.8) is 0 Å². The summed E-state index contributed by atoms with van der Waals surface area (Å²) in [6, 6.07) is 12.5. The van der Waals surface area contributed by atoms with Crippen LogP contribution in [0, 0.1) is 0 Å². The highest BCUT2D eigenvalue weighted by molar-refractivity contribution is 5.59. The second kappa shape index (κ2) is 6.61. The third kappa shape index (κ3) is 3.26. The highest BCUT2D eigenvalue weighted by atomic mass is 16.7. The summed E-state index contributed by atoms with van der Waals surface area (Å²) in [5, 5.41) is 6.90. The molecule has 2 heterocycles. The van der Waals surface area contributed by atoms with E-state index in [4.69, 9.17) is 14.2 Å². The van der Waals surface area contributed by atoms with E-state index in [9.17, 15) is 0 Å². The van der Waals surface area contributed by atoms with Gasteiger partial charge in [-0.05, 0) is 55.3 Å². The van der Waals surface area contributed by atoms with Gasteiger partial charge in [-0.3, -0.25) is 0 Å². The van der Waals surface area contributed by atoms with Crippen molar-refractivity contribution < 1.29 is 14.2 Å². The zero-order chi connectivity index (χ0) is 16.4. The van der Waals surface area contributed by atoms with Gasteiger partial charge in [-0.15, -0.1) is 0 Å². The Hall–Kier alpha value is -2.40. The van der Waals surface area contributed by atoms with E-state index >= 15 is 0 Å². The van der Waals surface area contributed by atoms with Crippen LogP contribution in [0.5, 0.6) is 17.2 Å². The molecule has 0 saturated heterocycles. The van der Waals surface area contributed by atoms with Gasteiger partial charge in [0.05, 0.1) is 12.2 Å². The van der Waals surface area contributed by atoms with Crippen LogP contribution in [0.1, 0.15) is 18.1 Å². The summed E-state index contributed by atoms with van der Waals surface area (Å²) in [6.45, 7) is 4.99. The van der Waals surface area contributed by atoms with Crippen molar-refractivity contribution in [1.29, 1.82) is 0 Å². The molecular weight excluding hydrogens is 304 g/mol. The van der Waals surface area contributed by atoms with Crippen LogP contribution in [0.15, 0.2) is 36.4 Å². The predicted octanol–water partition coefficient (Wildman–Crippen LogP) is 2.94. The smallest absolute Gasteiger partial charge is 0.231 e. The first-order chi connectivity index (χ1) is 11.8. The minimum absolute atomic E-state index is 0.228. The fourth-order valence-electron chi connectivity index (χ4n) is 3.00. The van der Waals surface area contributed by atoms with Crippen LogP contribution in [-0.2, 0) is 13.0 Å². The van der Waals surface area contributed by atoms with Crippen LogP contribution in [0.3, 0.4) is 0 Å². The zero-order valence-electron chi connectivity index (χ0n) is 13.8. The average Bonchev–Trinajstić information content (AvgIpc) is 3.06. The molecule has 5 heteroatoms. The average molecular weight is 326 g/mol. The molecule has 0 radical (unpaired) electrons. The van der Waals surface area contributed by atoms with Crippen molar-refractivity contribution in [3.8, 4) is 17.2 Å². The number of anilines is 1. The van der Waals surface area contributed by atoms with Crippen LogP contribution >= 0.6 is 0 Å². The largest absolute Gasteiger partial charge is 0.487 e. The number of benzene rings is 2. The van der Waals surface area contributed by atoms with Gasteiger partial charge in [0.25, 0.3) is 0 Å². The molecule has 2 aromatic rings. The van der Waals surface area contributed by atoms with E-state index < -0.39 is 0 Å². The Bertz CT molecular complexity index is 733. The van der Waals surface area contributed by atoms with Crippen molar-refractivity contribution in [2.45, 2.75) is 26.0 Å². The lowest BCUT2D eigenvalue weighted by atomic mass is 10.1. The van der Waals surface area contributed by atoms with Crippen LogP contribution in [0.4, 0.5) is 5.69 Å². The summed E-state index contributed by atoms with van der Waals surface area (Å²) >= 11 is 0. The Morgan fingerprint density at radius 3 is 2.83 bits per heavy atom. The van der Waals surface area contributed by atoms with Crippen LogP contribution in [-0.4, -0.2) is 26.0 Å². The van der Waals surface area contributed by atoms with Crippen molar-refractivity contribution in [1.82, 2.24) is 5.32 Å². The number of hydrogen-bond acceptors (Lipinski definition) is 5. The number of fused-ring (bicyclic) bond motifs is 2. The Morgan fingerprint density at radius 2 is 1.88 bits per heavy atom. The van der Waals surface area contributed by atoms with E-state index in [1.54, 1.807) is 0 Å². The molecule has 2 aliphatic heterocycles. The molecule has 1 atom stereocenters. The van der Waals surface area contributed by atoms with Gasteiger partial charge >= 0.3 is 0 Å². The molecule has 0 amide bonds. The van der Waals surface area contributed by atoms with Crippen molar-refractivity contribution in [2.24, 2.45) is 0 Å². The first kappa shape index (κ1) is 15.1. The maximum absolute atomic E-state index is 5.81. The first-order valence-corrected chi connectivity index (χ1v) is 8.40. The monoisotopic (exact) mass is 326 g/mol. The summed E-state index contributed by atoms with van der Waals surface area (Å²) in [5.74, 6) is 2.62. The van der Waals surface area contributed by atoms with E-state index in [2.05, 4.69) is 41.8 Å². The molecule has 2 aromatic carbocycles. The lowest BCUT2D eigenvalue weighted by Gasteiger charge is -2.25. The lowest BCUT2D eigenvalue weighted by molar-refractivity contribution is 0.174. The van der Waals surface area contributed by atoms with Crippen LogP contribution in [0.2, 0.25) is 0 Å². The fourth-order valence-corrected chi connectivity index (χ4v) is 3.00. The van der Waals surface area contributed by atoms with E-state index in [0.717, 1.165) is 49.0 Å². The molecule has 0 fully saturated rings. The molecule has 0 spiro atoms. The van der Waals surface area contributed by atoms with E-state index in [0.29, 0.717) is 6.79 Å². The summed E-state index contributed by atoms with van der Waals surface area (Å²) in [5.41, 5.74) is 3.60. The second-order valence-electron chi connectivity index (χ2n) is 6.25. The number of hydrogen-bond donors (Lipinski definition) is 2. The Balaban J connectivity index is 1.28. The Kier molecular flexibility index (Phi) is 4.17. The van der Waals surface area contributed by atoms with Crippen LogP contribution < -0.4 is 24.8 Å². The van der Waals surface area contributed by atoms with Gasteiger partial charge in [0.1, 0.15) is 11.9 Å². The van der Waals surface area contributed by atoms with Crippen molar-refractivity contribution >= 4 is 5.69 Å². The molecular formula is C19H22N2O3. The highest BCUT2D eigenvalue weighted by Gasteiger charge is 2.15. The number of rotatable bonds is 5. The molecule has 4 rings (SSSR count). The van der Waals surface area contributed by atoms with Gasteiger partial charge in [-0.1, -0.05) is 12.1 Å². The Labute approximate surface area is 141 Å². The highest BCUT2D eigenvalue weighted by Crippen LogP contribution is 2.32. The van der Waals surface area contributed by atoms with Crippen molar-refractivity contribution in [2.75, 3.05) is 25.2 Å². The zero-order valence-corrected chi connectivity index (χ0v) is 13.8. The molecule has 24 heavy (non-hydrogen) atoms. The van der Waals surface area contributed by atoms with E-state index in [1.807, 2.05) is 12.1 Å². The van der Waals surface area contributed by atoms with E-state index in [-0.39, 0.29) is 6.10 Å². The summed E-state index contributed by atoms with van der Waals surface area (Å²) in [6.07, 6.45) is 1.21. The van der Waals surface area contributed by atoms with Crippen molar-refractivity contribution in [3.05, 3.63) is 47.5 Å². The maximum Gasteiger partial charge on any atom is 0.231 e. The normalized spacial score (nSPS) is 17.8. The lowest BCUT2D eigenvalue weighted by Crippen LogP contribution is -2.27. The predicted molar refractivity (Wildman–Crippen MR) is 93.0 cm³/mol. The molecule has 1 unspecified atom stereocenters. The van der Waals surface area contributed by atoms with Gasteiger partial charge in [-0.2, -0.15) is 0 Å². The van der Waals surface area contributed by atoms with Crippen LogP contribution in [0.25, 0.3) is 0 Å². The fraction of sp³-hybridized carbons (Fsp3) is 0.368. The second-order valence-corrected chi connectivity index (χ2v) is 6.25.